The lowest BCUT2D eigenvalue weighted by atomic mass is 10.1. The van der Waals surface area contributed by atoms with Gasteiger partial charge >= 0.3 is 0 Å². The third kappa shape index (κ3) is 4.94. The Labute approximate surface area is 159 Å². The van der Waals surface area contributed by atoms with E-state index in [0.717, 1.165) is 13.1 Å². The third-order valence-electron chi connectivity index (χ3n) is 4.51. The summed E-state index contributed by atoms with van der Waals surface area (Å²) >= 11 is 0. The molecule has 2 heterocycles. The third-order valence-corrected chi connectivity index (χ3v) is 4.51. The molecule has 0 bridgehead atoms. The van der Waals surface area contributed by atoms with Crippen molar-refractivity contribution in [1.82, 2.24) is 10.3 Å². The first-order chi connectivity index (χ1) is 13.2. The molecule has 140 valence electrons. The second kappa shape index (κ2) is 8.98. The van der Waals surface area contributed by atoms with Gasteiger partial charge in [0.2, 0.25) is 0 Å². The Balaban J connectivity index is 1.64. The summed E-state index contributed by atoms with van der Waals surface area (Å²) in [5, 5.41) is 5.51. The number of aromatic nitrogens is 1. The molecule has 2 N–H and O–H groups in total. The maximum atomic E-state index is 12.5. The number of benzene rings is 1. The Morgan fingerprint density at radius 3 is 2.52 bits per heavy atom. The predicted molar refractivity (Wildman–Crippen MR) is 107 cm³/mol. The molecule has 0 radical (unpaired) electrons. The summed E-state index contributed by atoms with van der Waals surface area (Å²) < 4.78 is 0. The van der Waals surface area contributed by atoms with E-state index < -0.39 is 0 Å². The smallest absolute Gasteiger partial charge is 0.274 e. The molecular weight excluding hydrogens is 340 g/mol. The van der Waals surface area contributed by atoms with Crippen LogP contribution in [0, 0.1) is 0 Å². The first kappa shape index (κ1) is 18.6. The highest BCUT2D eigenvalue weighted by atomic mass is 16.2. The lowest BCUT2D eigenvalue weighted by Gasteiger charge is -2.28. The van der Waals surface area contributed by atoms with Crippen molar-refractivity contribution in [3.05, 3.63) is 66.5 Å². The Bertz CT molecular complexity index is 811. The molecule has 6 heteroatoms. The standard InChI is InChI=1S/C21H24N4O2/c1-2-11-23-20(26)16-10-12-22-19(15-16)21(27)24-17-6-8-18(9-7-17)25-13-4-3-5-14-25/h2,6-10,12,15H,1,3-5,11,13-14H2,(H,23,26)(H,24,27). The Morgan fingerprint density at radius 1 is 1.07 bits per heavy atom. The molecule has 1 aromatic carbocycles. The number of amides is 2. The summed E-state index contributed by atoms with van der Waals surface area (Å²) in [7, 11) is 0. The SMILES string of the molecule is C=CCNC(=O)c1ccnc(C(=O)Nc2ccc(N3CCCCC3)cc2)c1. The minimum Gasteiger partial charge on any atom is -0.372 e. The lowest BCUT2D eigenvalue weighted by Crippen LogP contribution is -2.29. The van der Waals surface area contributed by atoms with Gasteiger partial charge in [-0.05, 0) is 55.7 Å². The molecule has 0 saturated carbocycles. The number of hydrogen-bond donors (Lipinski definition) is 2. The molecule has 0 spiro atoms. The quantitative estimate of drug-likeness (QED) is 0.772. The zero-order valence-corrected chi connectivity index (χ0v) is 15.3. The van der Waals surface area contributed by atoms with Gasteiger partial charge in [-0.1, -0.05) is 6.08 Å². The Hall–Kier alpha value is -3.15. The molecule has 1 aliphatic rings. The molecule has 2 amide bonds. The first-order valence-corrected chi connectivity index (χ1v) is 9.19. The minimum atomic E-state index is -0.348. The van der Waals surface area contributed by atoms with E-state index in [1.807, 2.05) is 24.3 Å². The maximum Gasteiger partial charge on any atom is 0.274 e. The molecule has 0 aliphatic carbocycles. The van der Waals surface area contributed by atoms with Gasteiger partial charge in [0.25, 0.3) is 11.8 Å². The molecule has 6 nitrogen and oxygen atoms in total. The second-order valence-electron chi connectivity index (χ2n) is 6.48. The number of rotatable bonds is 6. The number of pyridine rings is 1. The van der Waals surface area contributed by atoms with Gasteiger partial charge in [-0.3, -0.25) is 14.6 Å². The largest absolute Gasteiger partial charge is 0.372 e. The van der Waals surface area contributed by atoms with Crippen LogP contribution in [0.15, 0.2) is 55.3 Å². The van der Waals surface area contributed by atoms with Crippen molar-refractivity contribution in [1.29, 1.82) is 0 Å². The average molecular weight is 364 g/mol. The van der Waals surface area contributed by atoms with Crippen molar-refractivity contribution in [2.45, 2.75) is 19.3 Å². The fraction of sp³-hybridized carbons (Fsp3) is 0.286. The van der Waals surface area contributed by atoms with Gasteiger partial charge in [0.15, 0.2) is 0 Å². The van der Waals surface area contributed by atoms with Crippen molar-refractivity contribution in [3.63, 3.8) is 0 Å². The molecule has 0 unspecified atom stereocenters. The fourth-order valence-electron chi connectivity index (χ4n) is 3.07. The van der Waals surface area contributed by atoms with E-state index in [-0.39, 0.29) is 17.5 Å². The first-order valence-electron chi connectivity index (χ1n) is 9.19. The van der Waals surface area contributed by atoms with E-state index in [2.05, 4.69) is 27.1 Å². The number of nitrogens with zero attached hydrogens (tertiary/aromatic N) is 2. The van der Waals surface area contributed by atoms with Crippen molar-refractivity contribution >= 4 is 23.2 Å². The van der Waals surface area contributed by atoms with Crippen LogP contribution in [-0.2, 0) is 0 Å². The minimum absolute atomic E-state index is 0.196. The number of carbonyl (C=O) groups is 2. The molecule has 0 atom stereocenters. The summed E-state index contributed by atoms with van der Waals surface area (Å²) in [4.78, 5) is 30.9. The van der Waals surface area contributed by atoms with Crippen LogP contribution in [0.25, 0.3) is 0 Å². The van der Waals surface area contributed by atoms with E-state index in [0.29, 0.717) is 17.8 Å². The van der Waals surface area contributed by atoms with Crippen molar-refractivity contribution in [2.75, 3.05) is 29.9 Å². The van der Waals surface area contributed by atoms with Crippen LogP contribution < -0.4 is 15.5 Å². The monoisotopic (exact) mass is 364 g/mol. The molecule has 3 rings (SSSR count). The van der Waals surface area contributed by atoms with Crippen molar-refractivity contribution in [2.24, 2.45) is 0 Å². The van der Waals surface area contributed by atoms with Crippen LogP contribution in [0.1, 0.15) is 40.1 Å². The summed E-state index contributed by atoms with van der Waals surface area (Å²) in [5.41, 5.74) is 2.45. The maximum absolute atomic E-state index is 12.5. The normalized spacial score (nSPS) is 13.7. The lowest BCUT2D eigenvalue weighted by molar-refractivity contribution is 0.0958. The number of piperidine rings is 1. The highest BCUT2D eigenvalue weighted by molar-refractivity contribution is 6.04. The van der Waals surface area contributed by atoms with Gasteiger partial charge in [-0.2, -0.15) is 0 Å². The van der Waals surface area contributed by atoms with Crippen LogP contribution in [0.5, 0.6) is 0 Å². The fourth-order valence-corrected chi connectivity index (χ4v) is 3.07. The van der Waals surface area contributed by atoms with Gasteiger partial charge in [0, 0.05) is 42.8 Å². The van der Waals surface area contributed by atoms with Gasteiger partial charge in [-0.25, -0.2) is 0 Å². The molecule has 27 heavy (non-hydrogen) atoms. The van der Waals surface area contributed by atoms with E-state index in [9.17, 15) is 9.59 Å². The van der Waals surface area contributed by atoms with Crippen LogP contribution >= 0.6 is 0 Å². The summed E-state index contributed by atoms with van der Waals surface area (Å²) in [5.74, 6) is -0.615. The Kier molecular flexibility index (Phi) is 6.20. The molecule has 2 aromatic rings. The number of anilines is 2. The molecule has 1 saturated heterocycles. The predicted octanol–water partition coefficient (Wildman–Crippen LogP) is 3.24. The van der Waals surface area contributed by atoms with Crippen LogP contribution in [0.4, 0.5) is 11.4 Å². The number of hydrogen-bond acceptors (Lipinski definition) is 4. The molecule has 1 aliphatic heterocycles. The summed E-state index contributed by atoms with van der Waals surface area (Å²) in [6.07, 6.45) is 6.79. The molecule has 1 fully saturated rings. The van der Waals surface area contributed by atoms with Crippen LogP contribution in [-0.4, -0.2) is 36.4 Å². The van der Waals surface area contributed by atoms with E-state index in [1.165, 1.54) is 37.2 Å². The molecule has 1 aromatic heterocycles. The summed E-state index contributed by atoms with van der Waals surface area (Å²) in [6.45, 7) is 6.09. The van der Waals surface area contributed by atoms with E-state index in [4.69, 9.17) is 0 Å². The topological polar surface area (TPSA) is 74.3 Å². The van der Waals surface area contributed by atoms with Gasteiger partial charge < -0.3 is 15.5 Å². The number of carbonyl (C=O) groups excluding carboxylic acids is 2. The van der Waals surface area contributed by atoms with Crippen LogP contribution in [0.3, 0.4) is 0 Å². The zero-order valence-electron chi connectivity index (χ0n) is 15.3. The summed E-state index contributed by atoms with van der Waals surface area (Å²) in [6, 6.07) is 10.9. The van der Waals surface area contributed by atoms with Crippen LogP contribution in [0.2, 0.25) is 0 Å². The van der Waals surface area contributed by atoms with E-state index >= 15 is 0 Å². The second-order valence-corrected chi connectivity index (χ2v) is 6.48. The highest BCUT2D eigenvalue weighted by Crippen LogP contribution is 2.22. The van der Waals surface area contributed by atoms with Gasteiger partial charge in [-0.15, -0.1) is 6.58 Å². The highest BCUT2D eigenvalue weighted by Gasteiger charge is 2.13. The average Bonchev–Trinajstić information content (AvgIpc) is 2.73. The van der Waals surface area contributed by atoms with Gasteiger partial charge in [0.1, 0.15) is 5.69 Å². The zero-order chi connectivity index (χ0) is 19.1. The van der Waals surface area contributed by atoms with Gasteiger partial charge in [0.05, 0.1) is 0 Å². The van der Waals surface area contributed by atoms with E-state index in [1.54, 1.807) is 12.1 Å². The van der Waals surface area contributed by atoms with Crippen molar-refractivity contribution < 1.29 is 9.59 Å². The number of nitrogens with one attached hydrogen (secondary N) is 2. The molecular formula is C21H24N4O2. The Morgan fingerprint density at radius 2 is 1.81 bits per heavy atom. The van der Waals surface area contributed by atoms with Crippen molar-refractivity contribution in [3.8, 4) is 0 Å².